The first-order chi connectivity index (χ1) is 12.4. The van der Waals surface area contributed by atoms with Crippen molar-refractivity contribution < 1.29 is 23.9 Å². The minimum Gasteiger partial charge on any atom is -0.457 e. The van der Waals surface area contributed by atoms with Crippen LogP contribution in [-0.4, -0.2) is 55.6 Å². The fourth-order valence-electron chi connectivity index (χ4n) is 3.75. The van der Waals surface area contributed by atoms with Crippen LogP contribution < -0.4 is 0 Å². The minimum absolute atomic E-state index is 0.0448. The van der Waals surface area contributed by atoms with Crippen LogP contribution in [0.15, 0.2) is 23.9 Å². The lowest BCUT2D eigenvalue weighted by Gasteiger charge is -2.50. The van der Waals surface area contributed by atoms with E-state index in [1.54, 1.807) is 0 Å². The van der Waals surface area contributed by atoms with Crippen LogP contribution in [0.1, 0.15) is 34.6 Å². The van der Waals surface area contributed by atoms with E-state index in [-0.39, 0.29) is 53.8 Å². The van der Waals surface area contributed by atoms with Gasteiger partial charge in [0.2, 0.25) is 5.91 Å². The number of hydrogen-bond donors (Lipinski definition) is 1. The van der Waals surface area contributed by atoms with Crippen molar-refractivity contribution in [2.24, 2.45) is 11.8 Å². The van der Waals surface area contributed by atoms with Gasteiger partial charge in [0.1, 0.15) is 12.3 Å². The van der Waals surface area contributed by atoms with Gasteiger partial charge >= 0.3 is 5.97 Å². The molecule has 0 saturated carbocycles. The standard InChI is InChI=1S/C20H33NO5Si/c1-9-10-25-19(24)17-14(11-22)12(2)16-15(18(23)21(16)17)13(3)26-27(7,8)20(4,5)6/h9,12-13,15-16,22H,1,10-11H2,2-8H3/t12-,13+,15+,16?/m0/s1. The summed E-state index contributed by atoms with van der Waals surface area (Å²) in [7, 11) is -2.03. The van der Waals surface area contributed by atoms with Crippen molar-refractivity contribution in [1.29, 1.82) is 0 Å². The largest absolute Gasteiger partial charge is 0.457 e. The zero-order valence-electron chi connectivity index (χ0n) is 17.5. The summed E-state index contributed by atoms with van der Waals surface area (Å²) in [5.74, 6) is -1.15. The Morgan fingerprint density at radius 3 is 2.48 bits per heavy atom. The van der Waals surface area contributed by atoms with E-state index in [0.29, 0.717) is 5.57 Å². The van der Waals surface area contributed by atoms with E-state index in [9.17, 15) is 14.7 Å². The third kappa shape index (κ3) is 3.64. The van der Waals surface area contributed by atoms with Crippen LogP contribution >= 0.6 is 0 Å². The quantitative estimate of drug-likeness (QED) is 0.310. The lowest BCUT2D eigenvalue weighted by Crippen LogP contribution is -2.65. The molecule has 1 fully saturated rings. The average molecular weight is 396 g/mol. The molecule has 0 radical (unpaired) electrons. The number of carbonyl (C=O) groups is 2. The molecule has 0 aliphatic carbocycles. The Hall–Kier alpha value is -1.44. The molecule has 2 aliphatic heterocycles. The van der Waals surface area contributed by atoms with E-state index in [0.717, 1.165) is 0 Å². The zero-order valence-corrected chi connectivity index (χ0v) is 18.5. The van der Waals surface area contributed by atoms with Crippen molar-refractivity contribution >= 4 is 20.2 Å². The number of fused-ring (bicyclic) bond motifs is 1. The smallest absolute Gasteiger partial charge is 0.355 e. The molecule has 7 heteroatoms. The number of rotatable bonds is 7. The Balaban J connectivity index is 2.23. The van der Waals surface area contributed by atoms with Crippen molar-refractivity contribution in [3.8, 4) is 0 Å². The fraction of sp³-hybridized carbons (Fsp3) is 0.700. The highest BCUT2D eigenvalue weighted by Crippen LogP contribution is 2.49. The first-order valence-electron chi connectivity index (χ1n) is 9.51. The maximum absolute atomic E-state index is 12.9. The minimum atomic E-state index is -2.03. The number of ether oxygens (including phenoxy) is 1. The van der Waals surface area contributed by atoms with Crippen molar-refractivity contribution in [2.45, 2.75) is 64.9 Å². The molecule has 0 aromatic heterocycles. The summed E-state index contributed by atoms with van der Waals surface area (Å²) in [6, 6.07) is -0.175. The number of aliphatic hydroxyl groups is 1. The molecule has 1 amide bonds. The zero-order chi connectivity index (χ0) is 20.7. The molecule has 0 spiro atoms. The lowest BCUT2D eigenvalue weighted by molar-refractivity contribution is -0.163. The van der Waals surface area contributed by atoms with Crippen molar-refractivity contribution in [3.05, 3.63) is 23.9 Å². The highest BCUT2D eigenvalue weighted by atomic mass is 28.4. The first-order valence-corrected chi connectivity index (χ1v) is 12.4. The van der Waals surface area contributed by atoms with Gasteiger partial charge in [-0.2, -0.15) is 0 Å². The van der Waals surface area contributed by atoms with Gasteiger partial charge < -0.3 is 19.2 Å². The summed E-state index contributed by atoms with van der Waals surface area (Å²) >= 11 is 0. The number of esters is 1. The summed E-state index contributed by atoms with van der Waals surface area (Å²) in [6.07, 6.45) is 1.23. The Bertz CT molecular complexity index is 664. The maximum atomic E-state index is 12.9. The van der Waals surface area contributed by atoms with Crippen LogP contribution in [-0.2, 0) is 18.8 Å². The molecule has 0 aromatic carbocycles. The van der Waals surface area contributed by atoms with E-state index in [1.807, 2.05) is 13.8 Å². The summed E-state index contributed by atoms with van der Waals surface area (Å²) in [5.41, 5.74) is 0.752. The highest BCUT2D eigenvalue weighted by molar-refractivity contribution is 6.74. The number of carbonyl (C=O) groups excluding carboxylic acids is 2. The number of nitrogens with zero attached hydrogens (tertiary/aromatic N) is 1. The van der Waals surface area contributed by atoms with Crippen LogP contribution in [0.2, 0.25) is 18.1 Å². The third-order valence-corrected chi connectivity index (χ3v) is 10.9. The summed E-state index contributed by atoms with van der Waals surface area (Å²) in [4.78, 5) is 26.9. The molecule has 1 saturated heterocycles. The van der Waals surface area contributed by atoms with Gasteiger partial charge in [0.25, 0.3) is 0 Å². The molecule has 1 N–H and O–H groups in total. The van der Waals surface area contributed by atoms with Crippen LogP contribution in [0.25, 0.3) is 0 Å². The van der Waals surface area contributed by atoms with Crippen LogP contribution in [0, 0.1) is 11.8 Å². The van der Waals surface area contributed by atoms with E-state index in [4.69, 9.17) is 9.16 Å². The van der Waals surface area contributed by atoms with Crippen molar-refractivity contribution in [3.63, 3.8) is 0 Å². The predicted molar refractivity (Wildman–Crippen MR) is 106 cm³/mol. The molecule has 2 aliphatic rings. The third-order valence-electron chi connectivity index (χ3n) is 6.28. The van der Waals surface area contributed by atoms with Gasteiger partial charge in [-0.25, -0.2) is 4.79 Å². The molecular formula is C20H33NO5Si. The molecule has 2 rings (SSSR count). The second kappa shape index (κ2) is 7.52. The average Bonchev–Trinajstić information content (AvgIpc) is 2.79. The van der Waals surface area contributed by atoms with E-state index < -0.39 is 14.3 Å². The molecule has 6 nitrogen and oxygen atoms in total. The maximum Gasteiger partial charge on any atom is 0.355 e. The van der Waals surface area contributed by atoms with Gasteiger partial charge in [0.05, 0.1) is 24.7 Å². The van der Waals surface area contributed by atoms with Gasteiger partial charge in [-0.05, 0) is 30.6 Å². The number of hydrogen-bond acceptors (Lipinski definition) is 5. The van der Waals surface area contributed by atoms with Crippen molar-refractivity contribution in [2.75, 3.05) is 13.2 Å². The molecule has 2 heterocycles. The molecule has 27 heavy (non-hydrogen) atoms. The van der Waals surface area contributed by atoms with Gasteiger partial charge in [0, 0.05) is 5.92 Å². The number of aliphatic hydroxyl groups excluding tert-OH is 1. The normalized spacial score (nSPS) is 26.6. The van der Waals surface area contributed by atoms with Gasteiger partial charge in [-0.1, -0.05) is 40.3 Å². The summed E-state index contributed by atoms with van der Waals surface area (Å²) < 4.78 is 11.6. The topological polar surface area (TPSA) is 76.1 Å². The van der Waals surface area contributed by atoms with E-state index in [2.05, 4.69) is 40.4 Å². The Morgan fingerprint density at radius 2 is 2.00 bits per heavy atom. The van der Waals surface area contributed by atoms with Crippen molar-refractivity contribution in [1.82, 2.24) is 4.90 Å². The molecule has 0 bridgehead atoms. The Kier molecular flexibility index (Phi) is 6.09. The van der Waals surface area contributed by atoms with Crippen LogP contribution in [0.5, 0.6) is 0 Å². The summed E-state index contributed by atoms with van der Waals surface area (Å²) in [5, 5.41) is 9.85. The fourth-order valence-corrected chi connectivity index (χ4v) is 5.18. The van der Waals surface area contributed by atoms with E-state index in [1.165, 1.54) is 11.0 Å². The molecule has 4 atom stereocenters. The predicted octanol–water partition coefficient (Wildman–Crippen LogP) is 2.85. The Morgan fingerprint density at radius 1 is 1.41 bits per heavy atom. The second-order valence-corrected chi connectivity index (χ2v) is 13.8. The van der Waals surface area contributed by atoms with Crippen LogP contribution in [0.4, 0.5) is 0 Å². The first kappa shape index (κ1) is 21.9. The van der Waals surface area contributed by atoms with Gasteiger partial charge in [-0.15, -0.1) is 0 Å². The van der Waals surface area contributed by atoms with E-state index >= 15 is 0 Å². The van der Waals surface area contributed by atoms with Gasteiger partial charge in [-0.3, -0.25) is 4.79 Å². The number of amides is 1. The molecular weight excluding hydrogens is 362 g/mol. The Labute approximate surface area is 163 Å². The second-order valence-electron chi connectivity index (χ2n) is 9.02. The van der Waals surface area contributed by atoms with Crippen LogP contribution in [0.3, 0.4) is 0 Å². The molecule has 0 aromatic rings. The molecule has 152 valence electrons. The molecule has 1 unspecified atom stereocenters. The SMILES string of the molecule is C=CCOC(=O)C1=C(CO)[C@H](C)C2[C@@H]([C@@H](C)O[Si](C)(C)C(C)(C)C)C(=O)N12. The summed E-state index contributed by atoms with van der Waals surface area (Å²) in [6.45, 7) is 18.0. The monoisotopic (exact) mass is 395 g/mol. The van der Waals surface area contributed by atoms with Gasteiger partial charge in [0.15, 0.2) is 8.32 Å². The lowest BCUT2D eigenvalue weighted by atomic mass is 9.78. The highest BCUT2D eigenvalue weighted by Gasteiger charge is 2.61. The number of β-lactam (4-membered cyclic amide) rings is 1.